The molecule has 1 aromatic carbocycles. The number of amides is 1. The molecule has 0 spiro atoms. The number of piperidine rings is 1. The van der Waals surface area contributed by atoms with Crippen molar-refractivity contribution in [3.8, 4) is 11.5 Å². The van der Waals surface area contributed by atoms with Gasteiger partial charge in [0.05, 0.1) is 0 Å². The lowest BCUT2D eigenvalue weighted by Crippen LogP contribution is -2.46. The van der Waals surface area contributed by atoms with Crippen LogP contribution in [-0.4, -0.2) is 81.3 Å². The first-order valence-corrected chi connectivity index (χ1v) is 16.5. The predicted molar refractivity (Wildman–Crippen MR) is 169 cm³/mol. The molecule has 0 unspecified atom stereocenters. The molecule has 1 fully saturated rings. The van der Waals surface area contributed by atoms with Gasteiger partial charge in [-0.1, -0.05) is 18.2 Å². The molecule has 2 aliphatic heterocycles. The molecule has 4 heterocycles. The van der Waals surface area contributed by atoms with Crippen LogP contribution < -0.4 is 26.7 Å². The summed E-state index contributed by atoms with van der Waals surface area (Å²) in [6.07, 6.45) is 5.15. The first kappa shape index (κ1) is 32.3. The Morgan fingerprint density at radius 2 is 1.89 bits per heavy atom. The maximum absolute atomic E-state index is 13.0. The molecule has 6 N–H and O–H groups in total. The number of carbonyl (C=O) groups is 2. The molecular formula is C29H39BrN8O5S. The van der Waals surface area contributed by atoms with Crippen molar-refractivity contribution in [3.63, 3.8) is 0 Å². The monoisotopic (exact) mass is 690 g/mol. The molecule has 3 aromatic rings. The summed E-state index contributed by atoms with van der Waals surface area (Å²) in [5.41, 5.74) is 18.8. The Morgan fingerprint density at radius 1 is 1.16 bits per heavy atom. The molecule has 1 amide bonds. The second kappa shape index (κ2) is 14.8. The van der Waals surface area contributed by atoms with Gasteiger partial charge in [0.2, 0.25) is 0 Å². The van der Waals surface area contributed by atoms with E-state index < -0.39 is 18.1 Å². The number of esters is 1. The van der Waals surface area contributed by atoms with Crippen LogP contribution in [0.25, 0.3) is 11.2 Å². The molecule has 2 aromatic heterocycles. The number of nitrogen functional groups attached to an aromatic ring is 1. The van der Waals surface area contributed by atoms with Crippen LogP contribution in [0.15, 0.2) is 33.0 Å². The molecular weight excluding hydrogens is 652 g/mol. The smallest absolute Gasteiger partial charge is 0.323 e. The molecule has 0 saturated carbocycles. The van der Waals surface area contributed by atoms with Gasteiger partial charge < -0.3 is 40.9 Å². The fraction of sp³-hybridized carbons (Fsp3) is 0.552. The minimum Gasteiger partial charge on any atom is -0.486 e. The summed E-state index contributed by atoms with van der Waals surface area (Å²) in [5, 5.41) is 0.745. The van der Waals surface area contributed by atoms with Crippen molar-refractivity contribution >= 4 is 56.6 Å². The van der Waals surface area contributed by atoms with Gasteiger partial charge in [0, 0.05) is 29.0 Å². The number of unbranched alkanes of at least 4 members (excludes halogenated alkanes) is 1. The molecule has 2 aliphatic rings. The van der Waals surface area contributed by atoms with Crippen LogP contribution in [0.5, 0.6) is 11.5 Å². The molecule has 0 radical (unpaired) electrons. The Hall–Kier alpha value is -3.14. The highest BCUT2D eigenvalue weighted by atomic mass is 79.9. The lowest BCUT2D eigenvalue weighted by atomic mass is 9.93. The summed E-state index contributed by atoms with van der Waals surface area (Å²) in [6, 6.07) is 3.11. The standard InChI is InChI=1S/C29H39BrN8O5S/c1-17(43-28(40)20(32)4-2-3-8-31)27(39)37-9-5-18(6-10-37)7-11-38-26-24(25(33)34-16-35-26)36-29(38)44-23-15-22-21(14-19(23)30)41-12-13-42-22/h14-18,20H,2-13,31-32H2,1H3,(H2,33,34,35)/t17-,20+/m1/s1. The van der Waals surface area contributed by atoms with Crippen molar-refractivity contribution in [1.82, 2.24) is 24.4 Å². The van der Waals surface area contributed by atoms with E-state index in [2.05, 4.69) is 30.5 Å². The number of nitrogens with zero attached hydrogens (tertiary/aromatic N) is 5. The number of anilines is 1. The van der Waals surface area contributed by atoms with Crippen LogP contribution in [-0.2, 0) is 20.9 Å². The van der Waals surface area contributed by atoms with Gasteiger partial charge in [-0.05, 0) is 79.6 Å². The number of imidazole rings is 1. The van der Waals surface area contributed by atoms with Gasteiger partial charge in [-0.3, -0.25) is 9.59 Å². The number of ether oxygens (including phenoxy) is 3. The number of carbonyl (C=O) groups excluding carboxylic acids is 2. The zero-order valence-electron chi connectivity index (χ0n) is 24.7. The van der Waals surface area contributed by atoms with Crippen molar-refractivity contribution in [2.45, 2.75) is 74.2 Å². The Bertz CT molecular complexity index is 1480. The summed E-state index contributed by atoms with van der Waals surface area (Å²) in [4.78, 5) is 41.5. The van der Waals surface area contributed by atoms with Gasteiger partial charge in [-0.2, -0.15) is 0 Å². The van der Waals surface area contributed by atoms with E-state index in [1.165, 1.54) is 18.1 Å². The molecule has 0 aliphatic carbocycles. The Kier molecular flexibility index (Phi) is 10.8. The summed E-state index contributed by atoms with van der Waals surface area (Å²) < 4.78 is 19.8. The number of aromatic nitrogens is 4. The van der Waals surface area contributed by atoms with E-state index in [9.17, 15) is 9.59 Å². The predicted octanol–water partition coefficient (Wildman–Crippen LogP) is 3.11. The maximum Gasteiger partial charge on any atom is 0.323 e. The molecule has 13 nitrogen and oxygen atoms in total. The molecule has 44 heavy (non-hydrogen) atoms. The highest BCUT2D eigenvalue weighted by molar-refractivity contribution is 9.10. The van der Waals surface area contributed by atoms with Gasteiger partial charge in [0.15, 0.2) is 39.7 Å². The van der Waals surface area contributed by atoms with E-state index in [4.69, 9.17) is 36.4 Å². The number of benzene rings is 1. The maximum atomic E-state index is 13.0. The van der Waals surface area contributed by atoms with Crippen LogP contribution >= 0.6 is 27.7 Å². The second-order valence-electron chi connectivity index (χ2n) is 11.0. The number of aryl methyl sites for hydroxylation is 1. The van der Waals surface area contributed by atoms with Crippen LogP contribution in [0.1, 0.15) is 45.4 Å². The van der Waals surface area contributed by atoms with Gasteiger partial charge in [0.25, 0.3) is 5.91 Å². The third-order valence-corrected chi connectivity index (χ3v) is 9.89. The summed E-state index contributed by atoms with van der Waals surface area (Å²) in [6.45, 7) is 5.04. The van der Waals surface area contributed by atoms with E-state index in [0.717, 1.165) is 46.6 Å². The first-order chi connectivity index (χ1) is 21.2. The van der Waals surface area contributed by atoms with Gasteiger partial charge in [0.1, 0.15) is 25.6 Å². The van der Waals surface area contributed by atoms with E-state index in [1.807, 2.05) is 12.1 Å². The molecule has 15 heteroatoms. The van der Waals surface area contributed by atoms with Crippen molar-refractivity contribution in [1.29, 1.82) is 0 Å². The van der Waals surface area contributed by atoms with Crippen LogP contribution in [0.4, 0.5) is 5.82 Å². The van der Waals surface area contributed by atoms with Crippen molar-refractivity contribution in [2.24, 2.45) is 17.4 Å². The summed E-state index contributed by atoms with van der Waals surface area (Å²) in [5.74, 6) is 1.38. The van der Waals surface area contributed by atoms with Crippen LogP contribution in [0, 0.1) is 5.92 Å². The molecule has 2 atom stereocenters. The Morgan fingerprint density at radius 3 is 2.61 bits per heavy atom. The van der Waals surface area contributed by atoms with Crippen LogP contribution in [0.3, 0.4) is 0 Å². The molecule has 0 bridgehead atoms. The van der Waals surface area contributed by atoms with E-state index in [-0.39, 0.29) is 5.91 Å². The second-order valence-corrected chi connectivity index (χ2v) is 12.9. The normalized spacial score (nSPS) is 16.6. The Balaban J connectivity index is 1.20. The number of halogens is 1. The average Bonchev–Trinajstić information content (AvgIpc) is 3.38. The lowest BCUT2D eigenvalue weighted by Gasteiger charge is -2.33. The van der Waals surface area contributed by atoms with E-state index >= 15 is 0 Å². The largest absolute Gasteiger partial charge is 0.486 e. The highest BCUT2D eigenvalue weighted by Crippen LogP contribution is 2.42. The molecule has 1 saturated heterocycles. The van der Waals surface area contributed by atoms with Crippen LogP contribution in [0.2, 0.25) is 0 Å². The third-order valence-electron chi connectivity index (χ3n) is 7.92. The summed E-state index contributed by atoms with van der Waals surface area (Å²) in [7, 11) is 0. The number of nitrogens with two attached hydrogens (primary N) is 3. The minimum atomic E-state index is -0.874. The third kappa shape index (κ3) is 7.56. The Labute approximate surface area is 268 Å². The van der Waals surface area contributed by atoms with E-state index in [0.29, 0.717) is 80.2 Å². The quantitative estimate of drug-likeness (QED) is 0.186. The van der Waals surface area contributed by atoms with Gasteiger partial charge in [-0.25, -0.2) is 15.0 Å². The number of likely N-dealkylation sites (tertiary alicyclic amines) is 1. The number of rotatable bonds is 12. The number of fused-ring (bicyclic) bond motifs is 2. The fourth-order valence-corrected chi connectivity index (χ4v) is 6.89. The lowest BCUT2D eigenvalue weighted by molar-refractivity contribution is -0.160. The van der Waals surface area contributed by atoms with E-state index in [1.54, 1.807) is 11.8 Å². The fourth-order valence-electron chi connectivity index (χ4n) is 5.38. The molecule has 238 valence electrons. The zero-order chi connectivity index (χ0) is 31.2. The number of hydrogen-bond donors (Lipinski definition) is 3. The zero-order valence-corrected chi connectivity index (χ0v) is 27.1. The van der Waals surface area contributed by atoms with Gasteiger partial charge >= 0.3 is 5.97 Å². The highest BCUT2D eigenvalue weighted by Gasteiger charge is 2.30. The summed E-state index contributed by atoms with van der Waals surface area (Å²) >= 11 is 5.15. The topological polar surface area (TPSA) is 187 Å². The molecule has 5 rings (SSSR count). The van der Waals surface area contributed by atoms with Crippen molar-refractivity contribution in [3.05, 3.63) is 22.9 Å². The van der Waals surface area contributed by atoms with Crippen molar-refractivity contribution < 1.29 is 23.8 Å². The average molecular weight is 692 g/mol. The first-order valence-electron chi connectivity index (χ1n) is 14.9. The number of hydrogen-bond acceptors (Lipinski definition) is 12. The van der Waals surface area contributed by atoms with Crippen molar-refractivity contribution in [2.75, 3.05) is 38.6 Å². The SMILES string of the molecule is C[C@@H](OC(=O)[C@@H](N)CCCCN)C(=O)N1CCC(CCn2c(Sc3cc4c(cc3Br)OCCO4)nc3c(N)ncnc32)CC1. The minimum absolute atomic E-state index is 0.192. The van der Waals surface area contributed by atoms with Gasteiger partial charge in [-0.15, -0.1) is 0 Å².